The Bertz CT molecular complexity index is 54.6. The van der Waals surface area contributed by atoms with Gasteiger partial charge in [-0.3, -0.25) is 0 Å². The Labute approximate surface area is 43.9 Å². The van der Waals surface area contributed by atoms with Crippen molar-refractivity contribution in [3.63, 3.8) is 0 Å². The lowest BCUT2D eigenvalue weighted by Gasteiger charge is -1.71. The molecule has 0 aromatic heterocycles. The third-order valence-corrected chi connectivity index (χ3v) is 0.591. The first kappa shape index (κ1) is 6.02. The fourth-order valence-corrected chi connectivity index (χ4v) is 0.414. The van der Waals surface area contributed by atoms with Gasteiger partial charge in [-0.1, -0.05) is 12.6 Å². The van der Waals surface area contributed by atoms with Crippen LogP contribution in [0.3, 0.4) is 0 Å². The topological polar surface area (TPSA) is 14.0 Å². The van der Waals surface area contributed by atoms with E-state index in [1.807, 2.05) is 13.8 Å². The van der Waals surface area contributed by atoms with E-state index in [1.54, 1.807) is 0 Å². The van der Waals surface area contributed by atoms with Crippen LogP contribution in [0.1, 0.15) is 13.8 Å². The molecule has 0 atom stereocenters. The van der Waals surface area contributed by atoms with E-state index in [-0.39, 0.29) is 0 Å². The lowest BCUT2D eigenvalue weighted by Crippen LogP contribution is -2.70. The third kappa shape index (κ3) is 4.02. The molecular formula is C4H10NS+. The quantitative estimate of drug-likeness (QED) is 0.251. The minimum atomic E-state index is 0.968. The summed E-state index contributed by atoms with van der Waals surface area (Å²) in [6.45, 7) is 4.93. The van der Waals surface area contributed by atoms with Gasteiger partial charge in [-0.25, -0.2) is 4.99 Å². The highest BCUT2D eigenvalue weighted by Gasteiger charge is 1.78. The van der Waals surface area contributed by atoms with Gasteiger partial charge in [0.15, 0.2) is 0 Å². The number of hydrogen-bond acceptors (Lipinski definition) is 0. The molecule has 0 fully saturated rings. The van der Waals surface area contributed by atoms with Gasteiger partial charge in [0.25, 0.3) is 0 Å². The van der Waals surface area contributed by atoms with E-state index < -0.39 is 0 Å². The first-order valence-corrected chi connectivity index (χ1v) is 2.48. The number of nitrogens with one attached hydrogen (secondary N) is 1. The molecule has 1 N–H and O–H groups in total. The van der Waals surface area contributed by atoms with Crippen molar-refractivity contribution < 1.29 is 4.99 Å². The van der Waals surface area contributed by atoms with E-state index in [0.717, 1.165) is 11.6 Å². The minimum absolute atomic E-state index is 0.968. The van der Waals surface area contributed by atoms with Crippen molar-refractivity contribution in [3.05, 3.63) is 0 Å². The van der Waals surface area contributed by atoms with Gasteiger partial charge in [-0.05, 0) is 6.92 Å². The minimum Gasteiger partial charge on any atom is -0.241 e. The second kappa shape index (κ2) is 3.22. The maximum atomic E-state index is 3.98. The van der Waals surface area contributed by atoms with Crippen LogP contribution in [0, 0.1) is 0 Å². The Morgan fingerprint density at radius 3 is 2.33 bits per heavy atom. The summed E-state index contributed by atoms with van der Waals surface area (Å²) >= 11 is 3.98. The van der Waals surface area contributed by atoms with E-state index in [0.29, 0.717) is 0 Å². The Morgan fingerprint density at radius 2 is 2.33 bits per heavy atom. The van der Waals surface area contributed by atoms with Crippen LogP contribution in [-0.2, 0) is 0 Å². The van der Waals surface area contributed by atoms with Crippen LogP contribution in [0.2, 0.25) is 0 Å². The number of rotatable bonds is 1. The second-order valence-electron chi connectivity index (χ2n) is 1.12. The molecule has 0 aliphatic heterocycles. The van der Waals surface area contributed by atoms with Crippen LogP contribution < -0.4 is 4.99 Å². The van der Waals surface area contributed by atoms with Gasteiger partial charge in [-0.15, -0.1) is 0 Å². The van der Waals surface area contributed by atoms with Crippen molar-refractivity contribution in [1.82, 2.24) is 0 Å². The van der Waals surface area contributed by atoms with Crippen LogP contribution in [0.25, 0.3) is 0 Å². The average molecular weight is 104 g/mol. The predicted octanol–water partition coefficient (Wildman–Crippen LogP) is -0.565. The molecule has 0 rings (SSSR count). The highest BCUT2D eigenvalue weighted by Crippen LogP contribution is 1.62. The molecule has 0 saturated carbocycles. The highest BCUT2D eigenvalue weighted by atomic mass is 32.1. The SMILES string of the molecule is CC[NH+]=C(C)S. The monoisotopic (exact) mass is 104 g/mol. The van der Waals surface area contributed by atoms with Crippen LogP contribution in [-0.4, -0.2) is 11.6 Å². The van der Waals surface area contributed by atoms with Crippen molar-refractivity contribution in [2.45, 2.75) is 13.8 Å². The van der Waals surface area contributed by atoms with Gasteiger partial charge < -0.3 is 0 Å². The van der Waals surface area contributed by atoms with Crippen molar-refractivity contribution in [2.75, 3.05) is 6.54 Å². The number of hydrogen-bond donors (Lipinski definition) is 2. The van der Waals surface area contributed by atoms with Gasteiger partial charge in [0.1, 0.15) is 6.54 Å². The van der Waals surface area contributed by atoms with Crippen molar-refractivity contribution >= 4 is 17.7 Å². The van der Waals surface area contributed by atoms with Gasteiger partial charge in [0.2, 0.25) is 5.04 Å². The summed E-state index contributed by atoms with van der Waals surface area (Å²) in [6.07, 6.45) is 0. The lowest BCUT2D eigenvalue weighted by atomic mass is 10.7. The van der Waals surface area contributed by atoms with Crippen LogP contribution in [0.15, 0.2) is 0 Å². The predicted molar refractivity (Wildman–Crippen MR) is 31.2 cm³/mol. The molecule has 36 valence electrons. The summed E-state index contributed by atoms with van der Waals surface area (Å²) in [7, 11) is 0. The molecule has 0 heterocycles. The first-order chi connectivity index (χ1) is 2.77. The van der Waals surface area contributed by atoms with Gasteiger partial charge in [0, 0.05) is 6.92 Å². The maximum absolute atomic E-state index is 3.98. The lowest BCUT2D eigenvalue weighted by molar-refractivity contribution is -0.449. The van der Waals surface area contributed by atoms with E-state index >= 15 is 0 Å². The first-order valence-electron chi connectivity index (χ1n) is 2.03. The van der Waals surface area contributed by atoms with Crippen LogP contribution >= 0.6 is 12.6 Å². The molecule has 0 bridgehead atoms. The summed E-state index contributed by atoms with van der Waals surface area (Å²) < 4.78 is 0. The molecule has 0 aliphatic carbocycles. The summed E-state index contributed by atoms with van der Waals surface area (Å²) in [5.74, 6) is 0. The maximum Gasteiger partial charge on any atom is 0.202 e. The van der Waals surface area contributed by atoms with Crippen LogP contribution in [0.5, 0.6) is 0 Å². The van der Waals surface area contributed by atoms with E-state index in [1.165, 1.54) is 0 Å². The molecule has 0 unspecified atom stereocenters. The molecule has 0 saturated heterocycles. The largest absolute Gasteiger partial charge is 0.241 e. The molecule has 0 aromatic carbocycles. The van der Waals surface area contributed by atoms with Gasteiger partial charge in [-0.2, -0.15) is 0 Å². The zero-order valence-corrected chi connectivity index (χ0v) is 5.05. The van der Waals surface area contributed by atoms with Crippen molar-refractivity contribution in [2.24, 2.45) is 0 Å². The number of thiol groups is 1. The Kier molecular flexibility index (Phi) is 3.23. The fourth-order valence-electron chi connectivity index (χ4n) is 0.256. The van der Waals surface area contributed by atoms with Gasteiger partial charge in [0.05, 0.1) is 0 Å². The Morgan fingerprint density at radius 1 is 1.83 bits per heavy atom. The molecule has 2 heteroatoms. The molecule has 0 radical (unpaired) electrons. The van der Waals surface area contributed by atoms with Gasteiger partial charge >= 0.3 is 0 Å². The Hall–Kier alpha value is 0.0200. The third-order valence-electron chi connectivity index (χ3n) is 0.433. The van der Waals surface area contributed by atoms with Crippen molar-refractivity contribution in [3.8, 4) is 0 Å². The van der Waals surface area contributed by atoms with Crippen LogP contribution in [0.4, 0.5) is 0 Å². The highest BCUT2D eigenvalue weighted by molar-refractivity contribution is 7.96. The van der Waals surface area contributed by atoms with E-state index in [4.69, 9.17) is 0 Å². The molecule has 1 nitrogen and oxygen atoms in total. The summed E-state index contributed by atoms with van der Waals surface area (Å²) in [5.41, 5.74) is 0. The van der Waals surface area contributed by atoms with E-state index in [2.05, 4.69) is 17.6 Å². The zero-order valence-electron chi connectivity index (χ0n) is 4.15. The standard InChI is InChI=1S/C4H9NS/c1-3-5-4(2)6/h3H2,1-2H3,(H,5,6)/p+1. The Balaban J connectivity index is 3.14. The van der Waals surface area contributed by atoms with Crippen molar-refractivity contribution in [1.29, 1.82) is 0 Å². The molecule has 0 aliphatic rings. The average Bonchev–Trinajstić information content (AvgIpc) is 1.35. The second-order valence-corrected chi connectivity index (χ2v) is 1.79. The smallest absolute Gasteiger partial charge is 0.202 e. The summed E-state index contributed by atoms with van der Waals surface area (Å²) in [4.78, 5) is 2.99. The summed E-state index contributed by atoms with van der Waals surface area (Å²) in [6, 6.07) is 0. The molecule has 0 amide bonds. The fraction of sp³-hybridized carbons (Fsp3) is 0.750. The molecular weight excluding hydrogens is 94.1 g/mol. The summed E-state index contributed by atoms with van der Waals surface area (Å²) in [5, 5.41) is 0.984. The normalized spacial score (nSPS) is 12.2. The van der Waals surface area contributed by atoms with E-state index in [9.17, 15) is 0 Å². The molecule has 0 spiro atoms. The molecule has 6 heavy (non-hydrogen) atoms. The molecule has 0 aromatic rings. The zero-order chi connectivity index (χ0) is 4.99.